The average Bonchev–Trinajstić information content (AvgIpc) is 2.77. The highest BCUT2D eigenvalue weighted by atomic mass is 16.5. The summed E-state index contributed by atoms with van der Waals surface area (Å²) in [6, 6.07) is 0. The van der Waals surface area contributed by atoms with Crippen LogP contribution in [0.5, 0.6) is 5.75 Å². The highest BCUT2D eigenvalue weighted by Gasteiger charge is 2.12. The summed E-state index contributed by atoms with van der Waals surface area (Å²) in [6.45, 7) is 3.51. The maximum atomic E-state index is 11.9. The number of aliphatic hydroxyl groups is 1. The molecule has 0 aromatic carbocycles. The second-order valence-corrected chi connectivity index (χ2v) is 7.62. The molecule has 1 aromatic heterocycles. The summed E-state index contributed by atoms with van der Waals surface area (Å²) < 4.78 is 5.27. The summed E-state index contributed by atoms with van der Waals surface area (Å²) in [4.78, 5) is 16.0. The lowest BCUT2D eigenvalue weighted by Crippen LogP contribution is -2.07. The normalized spacial score (nSPS) is 11.8. The Balaban J connectivity index is 2.05. The van der Waals surface area contributed by atoms with Crippen LogP contribution in [0.15, 0.2) is 42.7 Å². The molecule has 1 heterocycles. The van der Waals surface area contributed by atoms with Gasteiger partial charge in [-0.15, -0.1) is 0 Å². The fraction of sp³-hybridized carbons (Fsp3) is 0.538. The van der Waals surface area contributed by atoms with E-state index in [1.54, 1.807) is 6.92 Å². The van der Waals surface area contributed by atoms with Gasteiger partial charge in [0.15, 0.2) is 0 Å². The highest BCUT2D eigenvalue weighted by Crippen LogP contribution is 2.24. The second kappa shape index (κ2) is 17.3. The van der Waals surface area contributed by atoms with E-state index in [0.717, 1.165) is 44.9 Å². The van der Waals surface area contributed by atoms with Gasteiger partial charge in [-0.1, -0.05) is 62.6 Å². The molecule has 0 aliphatic rings. The van der Waals surface area contributed by atoms with Crippen LogP contribution in [0.1, 0.15) is 88.0 Å². The monoisotopic (exact) mass is 429 g/mol. The molecular weight excluding hydrogens is 390 g/mol. The minimum Gasteiger partial charge on any atom is -0.506 e. The van der Waals surface area contributed by atoms with Gasteiger partial charge in [0, 0.05) is 23.7 Å². The molecule has 0 aliphatic heterocycles. The number of rotatable bonds is 16. The van der Waals surface area contributed by atoms with Crippen LogP contribution in [0.2, 0.25) is 0 Å². The van der Waals surface area contributed by atoms with Gasteiger partial charge in [0.2, 0.25) is 0 Å². The van der Waals surface area contributed by atoms with Gasteiger partial charge in [-0.05, 0) is 45.4 Å². The molecule has 0 saturated heterocycles. The van der Waals surface area contributed by atoms with E-state index in [1.165, 1.54) is 19.0 Å². The molecule has 0 fully saturated rings. The van der Waals surface area contributed by atoms with Gasteiger partial charge in [-0.2, -0.15) is 0 Å². The van der Waals surface area contributed by atoms with Gasteiger partial charge in [0.1, 0.15) is 12.4 Å². The molecule has 0 radical (unpaired) electrons. The van der Waals surface area contributed by atoms with E-state index in [4.69, 9.17) is 4.74 Å². The van der Waals surface area contributed by atoms with Crippen molar-refractivity contribution >= 4 is 5.97 Å². The van der Waals surface area contributed by atoms with Gasteiger partial charge >= 0.3 is 5.97 Å². The summed E-state index contributed by atoms with van der Waals surface area (Å²) >= 11 is 0. The third kappa shape index (κ3) is 12.1. The van der Waals surface area contributed by atoms with Crippen LogP contribution in [0.4, 0.5) is 0 Å². The number of aromatic nitrogens is 1. The summed E-state index contributed by atoms with van der Waals surface area (Å²) in [5, 5.41) is 19.3. The second-order valence-electron chi connectivity index (χ2n) is 7.62. The smallest absolute Gasteiger partial charge is 0.306 e. The van der Waals surface area contributed by atoms with Crippen LogP contribution in [-0.2, 0) is 22.7 Å². The summed E-state index contributed by atoms with van der Waals surface area (Å²) in [6.07, 6.45) is 24.7. The third-order valence-corrected chi connectivity index (χ3v) is 5.01. The molecule has 1 rings (SSSR count). The van der Waals surface area contributed by atoms with E-state index >= 15 is 0 Å². The number of unbranched alkanes of at least 4 members (excludes halogenated alkanes) is 5. The lowest BCUT2D eigenvalue weighted by molar-refractivity contribution is -0.145. The zero-order chi connectivity index (χ0) is 22.7. The fourth-order valence-electron chi connectivity index (χ4n) is 3.10. The lowest BCUT2D eigenvalue weighted by Gasteiger charge is -2.11. The average molecular weight is 430 g/mol. The number of aromatic hydroxyl groups is 1. The largest absolute Gasteiger partial charge is 0.506 e. The van der Waals surface area contributed by atoms with Crippen molar-refractivity contribution in [1.82, 2.24) is 4.98 Å². The maximum absolute atomic E-state index is 11.9. The van der Waals surface area contributed by atoms with E-state index in [0.29, 0.717) is 23.2 Å². The van der Waals surface area contributed by atoms with Crippen LogP contribution >= 0.6 is 0 Å². The number of aryl methyl sites for hydroxylation is 1. The Labute approximate surface area is 187 Å². The number of hydrogen-bond donors (Lipinski definition) is 2. The number of carbonyl (C=O) groups excluding carboxylic acids is 1. The fourth-order valence-corrected chi connectivity index (χ4v) is 3.10. The van der Waals surface area contributed by atoms with Crippen molar-refractivity contribution in [2.75, 3.05) is 0 Å². The first-order chi connectivity index (χ1) is 15.1. The number of esters is 1. The Morgan fingerprint density at radius 1 is 1.00 bits per heavy atom. The first kappa shape index (κ1) is 26.6. The minimum absolute atomic E-state index is 0.0204. The van der Waals surface area contributed by atoms with Crippen molar-refractivity contribution < 1.29 is 19.7 Å². The van der Waals surface area contributed by atoms with E-state index < -0.39 is 0 Å². The summed E-state index contributed by atoms with van der Waals surface area (Å²) in [5.74, 6) is -0.299. The molecule has 5 heteroatoms. The van der Waals surface area contributed by atoms with E-state index in [-0.39, 0.29) is 24.9 Å². The van der Waals surface area contributed by atoms with Crippen molar-refractivity contribution in [2.24, 2.45) is 0 Å². The van der Waals surface area contributed by atoms with Crippen LogP contribution < -0.4 is 0 Å². The predicted molar refractivity (Wildman–Crippen MR) is 126 cm³/mol. The van der Waals surface area contributed by atoms with Crippen LogP contribution in [0.25, 0.3) is 0 Å². The van der Waals surface area contributed by atoms with Gasteiger partial charge in [0.25, 0.3) is 0 Å². The van der Waals surface area contributed by atoms with Gasteiger partial charge in [0.05, 0.1) is 12.3 Å². The number of carbonyl (C=O) groups is 1. The number of hydrogen-bond acceptors (Lipinski definition) is 5. The summed E-state index contributed by atoms with van der Waals surface area (Å²) in [5.41, 5.74) is 1.35. The molecule has 0 unspecified atom stereocenters. The van der Waals surface area contributed by atoms with Crippen molar-refractivity contribution in [3.05, 3.63) is 59.5 Å². The molecule has 0 saturated carbocycles. The zero-order valence-corrected chi connectivity index (χ0v) is 19.2. The van der Waals surface area contributed by atoms with Gasteiger partial charge in [-0.25, -0.2) is 0 Å². The van der Waals surface area contributed by atoms with Gasteiger partial charge in [-0.3, -0.25) is 9.78 Å². The third-order valence-electron chi connectivity index (χ3n) is 5.01. The van der Waals surface area contributed by atoms with E-state index in [1.807, 2.05) is 0 Å². The zero-order valence-electron chi connectivity index (χ0n) is 19.2. The van der Waals surface area contributed by atoms with Crippen LogP contribution in [0, 0.1) is 6.92 Å². The van der Waals surface area contributed by atoms with Crippen molar-refractivity contribution in [3.8, 4) is 5.75 Å². The van der Waals surface area contributed by atoms with E-state index in [2.05, 4.69) is 48.4 Å². The summed E-state index contributed by atoms with van der Waals surface area (Å²) in [7, 11) is 0. The molecule has 2 N–H and O–H groups in total. The Kier molecular flexibility index (Phi) is 14.9. The Hall–Kier alpha value is -2.40. The van der Waals surface area contributed by atoms with Crippen LogP contribution in [-0.4, -0.2) is 21.2 Å². The minimum atomic E-state index is -0.315. The first-order valence-corrected chi connectivity index (χ1v) is 11.5. The number of nitrogens with zero attached hydrogens (tertiary/aromatic N) is 1. The molecule has 0 aliphatic carbocycles. The molecule has 5 nitrogen and oxygen atoms in total. The lowest BCUT2D eigenvalue weighted by atomic mass is 10.1. The Morgan fingerprint density at radius 2 is 1.65 bits per heavy atom. The SMILES string of the molecule is CC/C=C/C/C=C/C/C=C/CCCCCCCC(=O)OCc1cnc(C)c(O)c1CO. The quantitative estimate of drug-likeness (QED) is 0.185. The highest BCUT2D eigenvalue weighted by molar-refractivity contribution is 5.69. The molecule has 0 atom stereocenters. The molecule has 31 heavy (non-hydrogen) atoms. The molecule has 0 bridgehead atoms. The Bertz CT molecular complexity index is 722. The molecule has 0 amide bonds. The number of aliphatic hydroxyl groups excluding tert-OH is 1. The number of pyridine rings is 1. The van der Waals surface area contributed by atoms with E-state index in [9.17, 15) is 15.0 Å². The van der Waals surface area contributed by atoms with Crippen molar-refractivity contribution in [3.63, 3.8) is 0 Å². The molecule has 0 spiro atoms. The molecule has 1 aromatic rings. The first-order valence-electron chi connectivity index (χ1n) is 11.5. The number of allylic oxidation sites excluding steroid dienone is 6. The Morgan fingerprint density at radius 3 is 2.35 bits per heavy atom. The standard InChI is InChI=1S/C26H39NO4/c1-3-4-5-6-7-8-9-10-11-12-13-14-15-16-17-18-25(29)31-21-23-19-27-22(2)26(30)24(23)20-28/h4-5,7-8,10-11,19,28,30H,3,6,9,12-18,20-21H2,1-2H3/b5-4+,8-7+,11-10+. The van der Waals surface area contributed by atoms with Crippen LogP contribution in [0.3, 0.4) is 0 Å². The number of ether oxygens (including phenoxy) is 1. The van der Waals surface area contributed by atoms with Crippen molar-refractivity contribution in [2.45, 2.75) is 91.3 Å². The topological polar surface area (TPSA) is 79.7 Å². The predicted octanol–water partition coefficient (Wildman–Crippen LogP) is 6.22. The molecule has 172 valence electrons. The van der Waals surface area contributed by atoms with Gasteiger partial charge < -0.3 is 14.9 Å². The molecular formula is C26H39NO4. The maximum Gasteiger partial charge on any atom is 0.306 e. The van der Waals surface area contributed by atoms with Crippen molar-refractivity contribution in [1.29, 1.82) is 0 Å².